The van der Waals surface area contributed by atoms with Crippen molar-refractivity contribution < 1.29 is 4.42 Å². The summed E-state index contributed by atoms with van der Waals surface area (Å²) in [6.45, 7) is 4.95. The molecule has 0 radical (unpaired) electrons. The molecule has 0 amide bonds. The van der Waals surface area contributed by atoms with Gasteiger partial charge in [0, 0.05) is 32.9 Å². The smallest absolute Gasteiger partial charge is 0.332 e. The average Bonchev–Trinajstić information content (AvgIpc) is 3.60. The fourth-order valence-electron chi connectivity index (χ4n) is 8.15. The van der Waals surface area contributed by atoms with Crippen molar-refractivity contribution in [1.82, 2.24) is 4.57 Å². The summed E-state index contributed by atoms with van der Waals surface area (Å²) < 4.78 is 9.32. The zero-order valence-corrected chi connectivity index (χ0v) is 25.0. The van der Waals surface area contributed by atoms with E-state index in [1.165, 1.54) is 70.9 Å². The van der Waals surface area contributed by atoms with E-state index in [2.05, 4.69) is 150 Å². The molecule has 0 fully saturated rings. The Morgan fingerprint density at radius 2 is 1.26 bits per heavy atom. The largest absolute Gasteiger partial charge is 0.454 e. The van der Waals surface area contributed by atoms with Gasteiger partial charge in [-0.05, 0) is 45.6 Å². The van der Waals surface area contributed by atoms with Gasteiger partial charge in [-0.2, -0.15) is 0 Å². The highest BCUT2D eigenvalue weighted by Gasteiger charge is 2.46. The Balaban J connectivity index is 1.39. The molecule has 0 N–H and O–H groups in total. The summed E-state index contributed by atoms with van der Waals surface area (Å²) in [4.78, 5) is 2.63. The van der Waals surface area contributed by atoms with Crippen molar-refractivity contribution in [1.29, 1.82) is 0 Å². The third-order valence-corrected chi connectivity index (χ3v) is 13.5. The van der Waals surface area contributed by atoms with Crippen LogP contribution in [0.3, 0.4) is 0 Å². The molecule has 6 aromatic carbocycles. The number of aromatic nitrogens is 1. The molecule has 0 unspecified atom stereocenters. The quantitative estimate of drug-likeness (QED) is 0.198. The predicted octanol–water partition coefficient (Wildman–Crippen LogP) is 7.08. The number of anilines is 2. The van der Waals surface area contributed by atoms with Crippen LogP contribution in [-0.4, -0.2) is 19.5 Å². The van der Waals surface area contributed by atoms with Crippen molar-refractivity contribution in [3.8, 4) is 5.69 Å². The lowest BCUT2D eigenvalue weighted by Crippen LogP contribution is -2.66. The number of para-hydroxylation sites is 5. The molecule has 5 heteroatoms. The standard InChI is InChI=1S/C38H27BN2OSi/c1-43(2)34-21-10-8-19-32(34)41(37-35(43)23-22-27-25-13-4-9-20-33(25)42-38(27)37)39-28-15-5-7-18-31(28)40-30-17-6-3-12-24(30)26-14-11-16-29(39)36(26)40/h3-23H,1-2H3. The van der Waals surface area contributed by atoms with E-state index in [1.54, 1.807) is 0 Å². The molecule has 202 valence electrons. The van der Waals surface area contributed by atoms with Crippen LogP contribution in [0, 0.1) is 0 Å². The highest BCUT2D eigenvalue weighted by atomic mass is 28.3. The Hall–Kier alpha value is -5.00. The highest BCUT2D eigenvalue weighted by Crippen LogP contribution is 2.42. The number of hydrogen-bond donors (Lipinski definition) is 0. The number of benzene rings is 6. The molecule has 2 aromatic heterocycles. The zero-order chi connectivity index (χ0) is 28.4. The molecule has 0 saturated carbocycles. The molecule has 2 aliphatic rings. The molecule has 8 aromatic rings. The van der Waals surface area contributed by atoms with Gasteiger partial charge in [-0.25, -0.2) is 0 Å². The van der Waals surface area contributed by atoms with Crippen LogP contribution >= 0.6 is 0 Å². The van der Waals surface area contributed by atoms with Crippen molar-refractivity contribution in [3.05, 3.63) is 127 Å². The van der Waals surface area contributed by atoms with E-state index >= 15 is 0 Å². The second kappa shape index (κ2) is 8.09. The minimum atomic E-state index is -2.06. The van der Waals surface area contributed by atoms with Gasteiger partial charge in [-0.15, -0.1) is 0 Å². The lowest BCUT2D eigenvalue weighted by atomic mass is 9.46. The van der Waals surface area contributed by atoms with Crippen molar-refractivity contribution in [2.24, 2.45) is 0 Å². The molecular weight excluding hydrogens is 539 g/mol. The maximum absolute atomic E-state index is 6.83. The fraction of sp³-hybridized carbons (Fsp3) is 0.0526. The Bertz CT molecular complexity index is 2470. The summed E-state index contributed by atoms with van der Waals surface area (Å²) in [6, 6.07) is 47.0. The third kappa shape index (κ3) is 2.86. The molecule has 0 atom stereocenters. The number of nitrogens with zero attached hydrogens (tertiary/aromatic N) is 2. The topological polar surface area (TPSA) is 21.3 Å². The maximum atomic E-state index is 6.83. The van der Waals surface area contributed by atoms with Gasteiger partial charge in [-0.3, -0.25) is 0 Å². The summed E-state index contributed by atoms with van der Waals surface area (Å²) >= 11 is 0. The summed E-state index contributed by atoms with van der Waals surface area (Å²) in [5, 5.41) is 7.84. The van der Waals surface area contributed by atoms with E-state index in [0.29, 0.717) is 0 Å². The van der Waals surface area contributed by atoms with Gasteiger partial charge < -0.3 is 13.8 Å². The van der Waals surface area contributed by atoms with E-state index in [9.17, 15) is 0 Å². The van der Waals surface area contributed by atoms with Crippen LogP contribution in [0.2, 0.25) is 13.1 Å². The number of rotatable bonds is 1. The molecule has 0 spiro atoms. The van der Waals surface area contributed by atoms with Crippen LogP contribution < -0.4 is 26.1 Å². The van der Waals surface area contributed by atoms with Crippen LogP contribution in [-0.2, 0) is 0 Å². The molecule has 4 heterocycles. The second-order valence-corrected chi connectivity index (χ2v) is 16.8. The van der Waals surface area contributed by atoms with Gasteiger partial charge in [0.2, 0.25) is 0 Å². The molecule has 0 aliphatic carbocycles. The lowest BCUT2D eigenvalue weighted by molar-refractivity contribution is 0.669. The van der Waals surface area contributed by atoms with Gasteiger partial charge in [0.05, 0.1) is 16.7 Å². The minimum Gasteiger partial charge on any atom is -0.454 e. The highest BCUT2D eigenvalue weighted by molar-refractivity contribution is 7.04. The van der Waals surface area contributed by atoms with Crippen molar-refractivity contribution in [2.75, 3.05) is 4.81 Å². The van der Waals surface area contributed by atoms with Gasteiger partial charge in [-0.1, -0.05) is 116 Å². The maximum Gasteiger partial charge on any atom is 0.332 e. The van der Waals surface area contributed by atoms with Crippen molar-refractivity contribution >= 4 is 91.3 Å². The van der Waals surface area contributed by atoms with E-state index in [-0.39, 0.29) is 6.85 Å². The summed E-state index contributed by atoms with van der Waals surface area (Å²) in [5.41, 5.74) is 10.9. The SMILES string of the molecule is C[Si]1(C)c2ccccc2N(B2c3ccccc3-n3c4ccccc4c4cccc2c43)c2c1ccc1c2oc2ccccc21. The average molecular weight is 567 g/mol. The first kappa shape index (κ1) is 23.6. The van der Waals surface area contributed by atoms with Crippen LogP contribution in [0.4, 0.5) is 11.4 Å². The predicted molar refractivity (Wildman–Crippen MR) is 185 cm³/mol. The Morgan fingerprint density at radius 3 is 2.16 bits per heavy atom. The number of furan rings is 1. The first-order valence-electron chi connectivity index (χ1n) is 15.1. The van der Waals surface area contributed by atoms with Gasteiger partial charge in [0.25, 0.3) is 0 Å². The molecule has 0 saturated heterocycles. The molecule has 3 nitrogen and oxygen atoms in total. The Labute approximate surface area is 250 Å². The van der Waals surface area contributed by atoms with E-state index < -0.39 is 8.07 Å². The van der Waals surface area contributed by atoms with Gasteiger partial charge >= 0.3 is 6.85 Å². The lowest BCUT2D eigenvalue weighted by Gasteiger charge is -2.45. The second-order valence-electron chi connectivity index (χ2n) is 12.5. The monoisotopic (exact) mass is 566 g/mol. The number of hydrogen-bond acceptors (Lipinski definition) is 2. The summed E-state index contributed by atoms with van der Waals surface area (Å²) in [5.74, 6) is 0. The first-order chi connectivity index (χ1) is 21.1. The number of fused-ring (bicyclic) bond motifs is 11. The van der Waals surface area contributed by atoms with Gasteiger partial charge in [0.15, 0.2) is 5.58 Å². The fourth-order valence-corrected chi connectivity index (χ4v) is 11.1. The van der Waals surface area contributed by atoms with Crippen molar-refractivity contribution in [3.63, 3.8) is 0 Å². The summed E-state index contributed by atoms with van der Waals surface area (Å²) in [7, 11) is -2.06. The Morgan fingerprint density at radius 1 is 0.558 bits per heavy atom. The van der Waals surface area contributed by atoms with Crippen LogP contribution in [0.15, 0.2) is 132 Å². The molecule has 43 heavy (non-hydrogen) atoms. The molecule has 0 bridgehead atoms. The third-order valence-electron chi connectivity index (χ3n) is 10.0. The van der Waals surface area contributed by atoms with Crippen LogP contribution in [0.5, 0.6) is 0 Å². The molecular formula is C38H27BN2OSi. The molecule has 2 aliphatic heterocycles. The zero-order valence-electron chi connectivity index (χ0n) is 24.0. The normalized spacial score (nSPS) is 14.8. The first-order valence-corrected chi connectivity index (χ1v) is 18.1. The Kier molecular flexibility index (Phi) is 4.43. The summed E-state index contributed by atoms with van der Waals surface area (Å²) in [6.07, 6.45) is 0. The van der Waals surface area contributed by atoms with E-state index in [0.717, 1.165) is 11.2 Å². The van der Waals surface area contributed by atoms with Crippen molar-refractivity contribution in [2.45, 2.75) is 13.1 Å². The van der Waals surface area contributed by atoms with Crippen LogP contribution in [0.25, 0.3) is 49.4 Å². The molecule has 10 rings (SSSR count). The van der Waals surface area contributed by atoms with Gasteiger partial charge in [0.1, 0.15) is 13.7 Å². The van der Waals surface area contributed by atoms with E-state index in [1.807, 2.05) is 0 Å². The van der Waals surface area contributed by atoms with E-state index in [4.69, 9.17) is 4.42 Å². The minimum absolute atomic E-state index is 0.0273. The van der Waals surface area contributed by atoms with Crippen LogP contribution in [0.1, 0.15) is 0 Å².